The summed E-state index contributed by atoms with van der Waals surface area (Å²) >= 11 is 3.26. The van der Waals surface area contributed by atoms with E-state index in [-0.39, 0.29) is 6.61 Å². The molecule has 0 bridgehead atoms. The van der Waals surface area contributed by atoms with Gasteiger partial charge >= 0.3 is 0 Å². The topological polar surface area (TPSA) is 68.9 Å². The number of aromatic nitrogens is 1. The maximum absolute atomic E-state index is 9.28. The fourth-order valence-electron chi connectivity index (χ4n) is 1.15. The van der Waals surface area contributed by atoms with Gasteiger partial charge in [0.1, 0.15) is 11.9 Å². The van der Waals surface area contributed by atoms with Crippen LogP contribution in [0.4, 0.5) is 5.82 Å². The first-order valence-corrected chi connectivity index (χ1v) is 5.78. The molecule has 4 nitrogen and oxygen atoms in total. The number of halogens is 1. The maximum atomic E-state index is 9.28. The lowest BCUT2D eigenvalue weighted by molar-refractivity contribution is 0.218. The second-order valence-corrected chi connectivity index (χ2v) is 4.77. The van der Waals surface area contributed by atoms with E-state index in [1.54, 1.807) is 12.3 Å². The van der Waals surface area contributed by atoms with E-state index < -0.39 is 5.54 Å². The summed E-state index contributed by atoms with van der Waals surface area (Å²) in [6.45, 7) is 3.85. The predicted molar refractivity (Wildman–Crippen MR) is 66.1 cm³/mol. The molecule has 5 heteroatoms. The Labute approximate surface area is 103 Å². The van der Waals surface area contributed by atoms with Crippen LogP contribution in [0.15, 0.2) is 16.7 Å². The van der Waals surface area contributed by atoms with Crippen molar-refractivity contribution in [3.63, 3.8) is 0 Å². The fourth-order valence-corrected chi connectivity index (χ4v) is 1.48. The van der Waals surface area contributed by atoms with E-state index in [1.807, 2.05) is 13.8 Å². The smallest absolute Gasteiger partial charge is 0.144 e. The Morgan fingerprint density at radius 3 is 2.88 bits per heavy atom. The first-order valence-electron chi connectivity index (χ1n) is 4.99. The highest BCUT2D eigenvalue weighted by atomic mass is 79.9. The van der Waals surface area contributed by atoms with Crippen LogP contribution in [0.3, 0.4) is 0 Å². The Kier molecular flexibility index (Phi) is 4.27. The Morgan fingerprint density at radius 2 is 2.38 bits per heavy atom. The molecule has 2 N–H and O–H groups in total. The number of nitrogens with zero attached hydrogens (tertiary/aromatic N) is 2. The standard InChI is InChI=1S/C11H14BrN3O/c1-3-11(2,7-16)15-10-8(5-13)4-9(12)6-14-10/h4,6,16H,3,7H2,1-2H3,(H,14,15). The molecule has 0 aliphatic heterocycles. The van der Waals surface area contributed by atoms with Gasteiger partial charge in [0.2, 0.25) is 0 Å². The van der Waals surface area contributed by atoms with Crippen molar-refractivity contribution >= 4 is 21.7 Å². The normalized spacial score (nSPS) is 13.9. The molecular weight excluding hydrogens is 270 g/mol. The zero-order chi connectivity index (χ0) is 12.2. The summed E-state index contributed by atoms with van der Waals surface area (Å²) in [5.74, 6) is 0.504. The summed E-state index contributed by atoms with van der Waals surface area (Å²) in [4.78, 5) is 4.14. The molecule has 0 spiro atoms. The number of hydrogen-bond acceptors (Lipinski definition) is 4. The van der Waals surface area contributed by atoms with Crippen molar-refractivity contribution in [2.75, 3.05) is 11.9 Å². The number of aliphatic hydroxyl groups excluding tert-OH is 1. The summed E-state index contributed by atoms with van der Waals surface area (Å²) < 4.78 is 0.761. The molecular formula is C11H14BrN3O. The highest BCUT2D eigenvalue weighted by Crippen LogP contribution is 2.22. The summed E-state index contributed by atoms with van der Waals surface area (Å²) in [6.07, 6.45) is 2.36. The zero-order valence-electron chi connectivity index (χ0n) is 9.29. The minimum absolute atomic E-state index is 0.00782. The van der Waals surface area contributed by atoms with E-state index in [9.17, 15) is 5.11 Å². The Balaban J connectivity index is 3.02. The van der Waals surface area contributed by atoms with Crippen molar-refractivity contribution < 1.29 is 5.11 Å². The number of hydrogen-bond donors (Lipinski definition) is 2. The van der Waals surface area contributed by atoms with Crippen molar-refractivity contribution in [2.45, 2.75) is 25.8 Å². The van der Waals surface area contributed by atoms with Crippen LogP contribution >= 0.6 is 15.9 Å². The molecule has 1 aromatic heterocycles. The molecule has 1 rings (SSSR count). The highest BCUT2D eigenvalue weighted by molar-refractivity contribution is 9.10. The lowest BCUT2D eigenvalue weighted by Gasteiger charge is -2.28. The van der Waals surface area contributed by atoms with Crippen LogP contribution < -0.4 is 5.32 Å². The minimum atomic E-state index is -0.452. The first-order chi connectivity index (χ1) is 7.54. The SMILES string of the molecule is CCC(C)(CO)Nc1ncc(Br)cc1C#N. The molecule has 0 amide bonds. The number of aliphatic hydroxyl groups is 1. The summed E-state index contributed by atoms with van der Waals surface area (Å²) in [5, 5.41) is 21.4. The van der Waals surface area contributed by atoms with Crippen molar-refractivity contribution in [3.8, 4) is 6.07 Å². The van der Waals surface area contributed by atoms with E-state index in [0.717, 1.165) is 10.9 Å². The lowest BCUT2D eigenvalue weighted by atomic mass is 10.00. The molecule has 0 aliphatic rings. The Morgan fingerprint density at radius 1 is 1.69 bits per heavy atom. The van der Waals surface area contributed by atoms with E-state index in [4.69, 9.17) is 5.26 Å². The highest BCUT2D eigenvalue weighted by Gasteiger charge is 2.22. The average molecular weight is 284 g/mol. The monoisotopic (exact) mass is 283 g/mol. The number of nitriles is 1. The van der Waals surface area contributed by atoms with Crippen LogP contribution in [-0.4, -0.2) is 22.2 Å². The molecule has 1 aromatic rings. The van der Waals surface area contributed by atoms with Gasteiger partial charge in [0, 0.05) is 10.7 Å². The van der Waals surface area contributed by atoms with E-state index in [2.05, 4.69) is 32.3 Å². The van der Waals surface area contributed by atoms with Gasteiger partial charge in [0.05, 0.1) is 17.7 Å². The molecule has 86 valence electrons. The lowest BCUT2D eigenvalue weighted by Crippen LogP contribution is -2.38. The second-order valence-electron chi connectivity index (χ2n) is 3.86. The van der Waals surface area contributed by atoms with E-state index >= 15 is 0 Å². The molecule has 0 radical (unpaired) electrons. The van der Waals surface area contributed by atoms with Gasteiger partial charge in [-0.05, 0) is 35.3 Å². The van der Waals surface area contributed by atoms with Crippen LogP contribution in [0.25, 0.3) is 0 Å². The van der Waals surface area contributed by atoms with Gasteiger partial charge in [0.15, 0.2) is 0 Å². The van der Waals surface area contributed by atoms with E-state index in [0.29, 0.717) is 11.4 Å². The van der Waals surface area contributed by atoms with Crippen molar-refractivity contribution in [3.05, 3.63) is 22.3 Å². The molecule has 1 heterocycles. The summed E-state index contributed by atoms with van der Waals surface area (Å²) in [7, 11) is 0. The molecule has 0 saturated carbocycles. The van der Waals surface area contributed by atoms with Crippen LogP contribution in [0, 0.1) is 11.3 Å². The van der Waals surface area contributed by atoms with E-state index in [1.165, 1.54) is 0 Å². The number of rotatable bonds is 4. The molecule has 0 saturated heterocycles. The van der Waals surface area contributed by atoms with Crippen LogP contribution in [-0.2, 0) is 0 Å². The third-order valence-electron chi connectivity index (χ3n) is 2.52. The first kappa shape index (κ1) is 12.9. The van der Waals surface area contributed by atoms with Crippen LogP contribution in [0.2, 0.25) is 0 Å². The molecule has 16 heavy (non-hydrogen) atoms. The van der Waals surface area contributed by atoms with Crippen molar-refractivity contribution in [2.24, 2.45) is 0 Å². The molecule has 0 fully saturated rings. The van der Waals surface area contributed by atoms with Gasteiger partial charge in [-0.25, -0.2) is 4.98 Å². The Bertz CT molecular complexity index is 410. The third-order valence-corrected chi connectivity index (χ3v) is 2.96. The number of nitrogens with one attached hydrogen (secondary N) is 1. The number of pyridine rings is 1. The van der Waals surface area contributed by atoms with Crippen molar-refractivity contribution in [1.82, 2.24) is 4.98 Å². The Hall–Kier alpha value is -1.12. The fraction of sp³-hybridized carbons (Fsp3) is 0.455. The quantitative estimate of drug-likeness (QED) is 0.890. The van der Waals surface area contributed by atoms with Crippen LogP contribution in [0.5, 0.6) is 0 Å². The largest absolute Gasteiger partial charge is 0.394 e. The van der Waals surface area contributed by atoms with Gasteiger partial charge in [-0.15, -0.1) is 0 Å². The molecule has 1 atom stereocenters. The van der Waals surface area contributed by atoms with Crippen molar-refractivity contribution in [1.29, 1.82) is 5.26 Å². The molecule has 1 unspecified atom stereocenters. The average Bonchev–Trinajstić information content (AvgIpc) is 2.31. The maximum Gasteiger partial charge on any atom is 0.144 e. The summed E-state index contributed by atoms with van der Waals surface area (Å²) in [6, 6.07) is 3.77. The molecule has 0 aliphatic carbocycles. The number of anilines is 1. The van der Waals surface area contributed by atoms with Gasteiger partial charge in [-0.3, -0.25) is 0 Å². The van der Waals surface area contributed by atoms with Gasteiger partial charge in [0.25, 0.3) is 0 Å². The van der Waals surface area contributed by atoms with Gasteiger partial charge in [-0.2, -0.15) is 5.26 Å². The third kappa shape index (κ3) is 2.94. The predicted octanol–water partition coefficient (Wildman–Crippen LogP) is 2.29. The van der Waals surface area contributed by atoms with Gasteiger partial charge in [-0.1, -0.05) is 6.92 Å². The minimum Gasteiger partial charge on any atom is -0.394 e. The summed E-state index contributed by atoms with van der Waals surface area (Å²) in [5.41, 5.74) is 0.00869. The second kappa shape index (κ2) is 5.28. The van der Waals surface area contributed by atoms with Gasteiger partial charge < -0.3 is 10.4 Å². The zero-order valence-corrected chi connectivity index (χ0v) is 10.9. The van der Waals surface area contributed by atoms with Crippen LogP contribution in [0.1, 0.15) is 25.8 Å². The molecule has 0 aromatic carbocycles.